The first-order valence-electron chi connectivity index (χ1n) is 5.02. The van der Waals surface area contributed by atoms with Crippen LogP contribution in [-0.2, 0) is 14.9 Å². The van der Waals surface area contributed by atoms with E-state index in [-0.39, 0.29) is 11.7 Å². The van der Waals surface area contributed by atoms with E-state index in [9.17, 15) is 13.2 Å². The van der Waals surface area contributed by atoms with Crippen LogP contribution in [0.1, 0.15) is 12.8 Å². The quantitative estimate of drug-likeness (QED) is 0.292. The minimum atomic E-state index is -3.84. The zero-order valence-corrected chi connectivity index (χ0v) is 9.92. The molecule has 0 aliphatic rings. The number of hydrogen-bond acceptors (Lipinski definition) is 4. The van der Waals surface area contributed by atoms with Crippen LogP contribution in [0.4, 0.5) is 0 Å². The van der Waals surface area contributed by atoms with Crippen LogP contribution < -0.4 is 10.6 Å². The second kappa shape index (κ2) is 8.26. The van der Waals surface area contributed by atoms with Crippen molar-refractivity contribution < 1.29 is 17.8 Å². The standard InChI is InChI=1S/C9H18N2O4S/c1-2-9(12)11-7-3-5-10-6-4-8-16(13,14)15/h2,10H,1,3-8H2,(H,11,12)(H,13,14,15). The lowest BCUT2D eigenvalue weighted by atomic mass is 10.4. The van der Waals surface area contributed by atoms with E-state index in [1.807, 2.05) is 0 Å². The van der Waals surface area contributed by atoms with Gasteiger partial charge in [0.15, 0.2) is 0 Å². The molecule has 0 saturated carbocycles. The van der Waals surface area contributed by atoms with Crippen molar-refractivity contribution in [1.82, 2.24) is 10.6 Å². The Morgan fingerprint density at radius 2 is 1.88 bits per heavy atom. The summed E-state index contributed by atoms with van der Waals surface area (Å²) in [6, 6.07) is 0. The highest BCUT2D eigenvalue weighted by Gasteiger charge is 2.02. The second-order valence-corrected chi connectivity index (χ2v) is 4.81. The first-order valence-corrected chi connectivity index (χ1v) is 6.63. The van der Waals surface area contributed by atoms with Crippen molar-refractivity contribution in [3.63, 3.8) is 0 Å². The van der Waals surface area contributed by atoms with Gasteiger partial charge in [-0.25, -0.2) is 0 Å². The van der Waals surface area contributed by atoms with Crippen LogP contribution in [-0.4, -0.2) is 44.3 Å². The van der Waals surface area contributed by atoms with Gasteiger partial charge in [0.25, 0.3) is 10.1 Å². The summed E-state index contributed by atoms with van der Waals surface area (Å²) in [5.74, 6) is -0.431. The smallest absolute Gasteiger partial charge is 0.264 e. The maximum atomic E-state index is 10.7. The predicted octanol–water partition coefficient (Wildman–Crippen LogP) is -0.454. The van der Waals surface area contributed by atoms with E-state index in [0.29, 0.717) is 26.1 Å². The van der Waals surface area contributed by atoms with Gasteiger partial charge < -0.3 is 10.6 Å². The first kappa shape index (κ1) is 15.1. The van der Waals surface area contributed by atoms with Crippen molar-refractivity contribution in [1.29, 1.82) is 0 Å². The molecule has 0 spiro atoms. The van der Waals surface area contributed by atoms with Crippen molar-refractivity contribution in [2.45, 2.75) is 12.8 Å². The lowest BCUT2D eigenvalue weighted by molar-refractivity contribution is -0.116. The number of nitrogens with one attached hydrogen (secondary N) is 2. The molecule has 0 heterocycles. The minimum absolute atomic E-state index is 0.202. The average Bonchev–Trinajstić information content (AvgIpc) is 2.20. The molecule has 6 nitrogen and oxygen atoms in total. The molecular formula is C9H18N2O4S. The third-order valence-corrected chi connectivity index (χ3v) is 2.58. The number of hydrogen-bond donors (Lipinski definition) is 3. The fourth-order valence-corrected chi connectivity index (χ4v) is 1.51. The molecule has 0 radical (unpaired) electrons. The molecule has 16 heavy (non-hydrogen) atoms. The Labute approximate surface area is 95.9 Å². The predicted molar refractivity (Wildman–Crippen MR) is 61.7 cm³/mol. The Hall–Kier alpha value is -0.920. The maximum Gasteiger partial charge on any atom is 0.264 e. The Morgan fingerprint density at radius 1 is 1.25 bits per heavy atom. The molecule has 0 aromatic rings. The van der Waals surface area contributed by atoms with Gasteiger partial charge in [0.05, 0.1) is 5.75 Å². The molecule has 0 aliphatic carbocycles. The summed E-state index contributed by atoms with van der Waals surface area (Å²) < 4.78 is 29.1. The average molecular weight is 250 g/mol. The number of rotatable bonds is 9. The molecule has 0 aromatic carbocycles. The van der Waals surface area contributed by atoms with E-state index in [2.05, 4.69) is 17.2 Å². The maximum absolute atomic E-state index is 10.7. The van der Waals surface area contributed by atoms with Gasteiger partial charge in [0, 0.05) is 6.54 Å². The lowest BCUT2D eigenvalue weighted by Gasteiger charge is -2.04. The van der Waals surface area contributed by atoms with E-state index < -0.39 is 10.1 Å². The van der Waals surface area contributed by atoms with Crippen molar-refractivity contribution in [2.24, 2.45) is 0 Å². The summed E-state index contributed by atoms with van der Waals surface area (Å²) in [5.41, 5.74) is 0. The SMILES string of the molecule is C=CC(=O)NCCCNCCCS(=O)(=O)O. The topological polar surface area (TPSA) is 95.5 Å². The van der Waals surface area contributed by atoms with Crippen LogP contribution in [0.15, 0.2) is 12.7 Å². The van der Waals surface area contributed by atoms with E-state index in [4.69, 9.17) is 4.55 Å². The molecule has 0 atom stereocenters. The lowest BCUT2D eigenvalue weighted by Crippen LogP contribution is -2.26. The molecule has 0 aromatic heterocycles. The molecule has 94 valence electrons. The summed E-state index contributed by atoms with van der Waals surface area (Å²) in [6.07, 6.45) is 2.34. The monoisotopic (exact) mass is 250 g/mol. The van der Waals surface area contributed by atoms with Gasteiger partial charge in [-0.1, -0.05) is 6.58 Å². The summed E-state index contributed by atoms with van der Waals surface area (Å²) in [7, 11) is -3.84. The summed E-state index contributed by atoms with van der Waals surface area (Å²) in [6.45, 7) is 5.07. The highest BCUT2D eigenvalue weighted by molar-refractivity contribution is 7.85. The molecule has 7 heteroatoms. The fraction of sp³-hybridized carbons (Fsp3) is 0.667. The van der Waals surface area contributed by atoms with Gasteiger partial charge in [-0.05, 0) is 32.0 Å². The molecular weight excluding hydrogens is 232 g/mol. The normalized spacial score (nSPS) is 11.1. The van der Waals surface area contributed by atoms with Gasteiger partial charge >= 0.3 is 0 Å². The van der Waals surface area contributed by atoms with Gasteiger partial charge in [0.2, 0.25) is 5.91 Å². The molecule has 3 N–H and O–H groups in total. The highest BCUT2D eigenvalue weighted by atomic mass is 32.2. The minimum Gasteiger partial charge on any atom is -0.353 e. The number of amides is 1. The largest absolute Gasteiger partial charge is 0.353 e. The van der Waals surface area contributed by atoms with Crippen molar-refractivity contribution in [3.05, 3.63) is 12.7 Å². The van der Waals surface area contributed by atoms with E-state index in [1.165, 1.54) is 6.08 Å². The van der Waals surface area contributed by atoms with Crippen molar-refractivity contribution in [2.75, 3.05) is 25.4 Å². The molecule has 0 aliphatic heterocycles. The molecule has 0 fully saturated rings. The number of carbonyl (C=O) groups is 1. The molecule has 0 bridgehead atoms. The van der Waals surface area contributed by atoms with E-state index in [1.54, 1.807) is 0 Å². The third kappa shape index (κ3) is 11.2. The van der Waals surface area contributed by atoms with Crippen LogP contribution in [0, 0.1) is 0 Å². The third-order valence-electron chi connectivity index (χ3n) is 1.77. The van der Waals surface area contributed by atoms with Crippen LogP contribution >= 0.6 is 0 Å². The second-order valence-electron chi connectivity index (χ2n) is 3.24. The Morgan fingerprint density at radius 3 is 2.44 bits per heavy atom. The molecule has 0 unspecified atom stereocenters. The molecule has 0 saturated heterocycles. The Kier molecular flexibility index (Phi) is 7.78. The van der Waals surface area contributed by atoms with E-state index >= 15 is 0 Å². The zero-order chi connectivity index (χ0) is 12.4. The van der Waals surface area contributed by atoms with Crippen molar-refractivity contribution in [3.8, 4) is 0 Å². The number of carbonyl (C=O) groups excluding carboxylic acids is 1. The first-order chi connectivity index (χ1) is 7.45. The van der Waals surface area contributed by atoms with Crippen LogP contribution in [0.2, 0.25) is 0 Å². The van der Waals surface area contributed by atoms with Gasteiger partial charge in [-0.2, -0.15) is 8.42 Å². The van der Waals surface area contributed by atoms with E-state index in [0.717, 1.165) is 6.42 Å². The molecule has 1 amide bonds. The molecule has 0 rings (SSSR count). The fourth-order valence-electron chi connectivity index (χ4n) is 1.00. The van der Waals surface area contributed by atoms with Gasteiger partial charge in [-0.3, -0.25) is 9.35 Å². The zero-order valence-electron chi connectivity index (χ0n) is 9.11. The van der Waals surface area contributed by atoms with Crippen molar-refractivity contribution >= 4 is 16.0 Å². The Bertz CT molecular complexity index is 313. The van der Waals surface area contributed by atoms with Crippen LogP contribution in [0.5, 0.6) is 0 Å². The summed E-state index contributed by atoms with van der Waals surface area (Å²) in [4.78, 5) is 10.7. The highest BCUT2D eigenvalue weighted by Crippen LogP contribution is 1.86. The summed E-state index contributed by atoms with van der Waals surface area (Å²) >= 11 is 0. The van der Waals surface area contributed by atoms with Crippen LogP contribution in [0.25, 0.3) is 0 Å². The summed E-state index contributed by atoms with van der Waals surface area (Å²) in [5, 5.41) is 5.61. The Balaban J connectivity index is 3.22. The van der Waals surface area contributed by atoms with Gasteiger partial charge in [-0.15, -0.1) is 0 Å². The van der Waals surface area contributed by atoms with Crippen LogP contribution in [0.3, 0.4) is 0 Å². The van der Waals surface area contributed by atoms with Gasteiger partial charge in [0.1, 0.15) is 0 Å².